The van der Waals surface area contributed by atoms with Crippen molar-refractivity contribution >= 4 is 29.6 Å². The molecule has 2 heteroatoms. The van der Waals surface area contributed by atoms with Gasteiger partial charge in [0, 0.05) is 0 Å². The maximum atomic E-state index is 9.58. The van der Waals surface area contributed by atoms with E-state index in [9.17, 15) is 5.11 Å². The van der Waals surface area contributed by atoms with Crippen LogP contribution in [-0.4, -0.2) is 34.7 Å². The molecule has 1 rings (SSSR count). The predicted octanol–water partition coefficient (Wildman–Crippen LogP) is 4.04. The second-order valence-corrected chi connectivity index (χ2v) is 4.50. The quantitative estimate of drug-likeness (QED) is 0.540. The predicted molar refractivity (Wildman–Crippen MR) is 77.0 cm³/mol. The molecule has 0 aromatic heterocycles. The number of aromatic hydroxyl groups is 1. The molecule has 92 valence electrons. The third-order valence-corrected chi connectivity index (χ3v) is 3.04. The molecule has 0 atom stereocenters. The molecule has 0 fully saturated rings. The zero-order valence-corrected chi connectivity index (χ0v) is 10.4. The molecule has 0 radical (unpaired) electrons. The number of aryl methyl sites for hydroxylation is 1. The van der Waals surface area contributed by atoms with Gasteiger partial charge in [0.15, 0.2) is 0 Å². The van der Waals surface area contributed by atoms with Crippen LogP contribution in [0.5, 0.6) is 5.75 Å². The molecule has 1 N–H and O–H groups in total. The molecule has 0 aliphatic carbocycles. The van der Waals surface area contributed by atoms with E-state index in [0.717, 1.165) is 12.0 Å². The second kappa shape index (κ2) is 11.1. The average molecular weight is 244 g/mol. The zero-order valence-electron chi connectivity index (χ0n) is 10.4. The van der Waals surface area contributed by atoms with Gasteiger partial charge >= 0.3 is 29.6 Å². The van der Waals surface area contributed by atoms with E-state index < -0.39 is 0 Å². The van der Waals surface area contributed by atoms with E-state index in [1.165, 1.54) is 44.9 Å². The number of hydrogen-bond acceptors (Lipinski definition) is 1. The van der Waals surface area contributed by atoms with Gasteiger partial charge in [-0.2, -0.15) is 0 Å². The van der Waals surface area contributed by atoms with E-state index in [1.807, 2.05) is 18.2 Å². The van der Waals surface area contributed by atoms with Crippen LogP contribution >= 0.6 is 0 Å². The molecular formula is C15H25NaO. The molecule has 0 heterocycles. The van der Waals surface area contributed by atoms with Crippen molar-refractivity contribution in [1.82, 2.24) is 0 Å². The van der Waals surface area contributed by atoms with Gasteiger partial charge in [-0.3, -0.25) is 0 Å². The second-order valence-electron chi connectivity index (χ2n) is 4.50. The molecule has 1 nitrogen and oxygen atoms in total. The molecular weight excluding hydrogens is 219 g/mol. The maximum absolute atomic E-state index is 9.58. The topological polar surface area (TPSA) is 20.2 Å². The van der Waals surface area contributed by atoms with Crippen molar-refractivity contribution in [2.75, 3.05) is 0 Å². The Bertz CT molecular complexity index is 286. The van der Waals surface area contributed by atoms with E-state index in [0.29, 0.717) is 5.75 Å². The summed E-state index contributed by atoms with van der Waals surface area (Å²) in [6, 6.07) is 7.67. The van der Waals surface area contributed by atoms with Crippen molar-refractivity contribution < 1.29 is 5.11 Å². The standard InChI is InChI=1S/C15H24O.Na.H/c1-2-3-4-5-6-7-8-11-14-12-9-10-13-15(14)16;;/h9-10,12-13,16H,2-8,11H2,1H3;;. The van der Waals surface area contributed by atoms with Gasteiger partial charge in [0.25, 0.3) is 0 Å². The summed E-state index contributed by atoms with van der Waals surface area (Å²) in [5.74, 6) is 0.452. The van der Waals surface area contributed by atoms with Gasteiger partial charge in [-0.25, -0.2) is 0 Å². The SMILES string of the molecule is CCCCCCCCCc1ccccc1O.[NaH]. The van der Waals surface area contributed by atoms with Crippen molar-refractivity contribution in [1.29, 1.82) is 0 Å². The molecule has 0 aliphatic heterocycles. The summed E-state index contributed by atoms with van der Waals surface area (Å²) in [6.07, 6.45) is 10.3. The Balaban J connectivity index is 0.00000256. The number of benzene rings is 1. The molecule has 0 spiro atoms. The summed E-state index contributed by atoms with van der Waals surface area (Å²) in [7, 11) is 0. The molecule has 0 saturated heterocycles. The Morgan fingerprint density at radius 3 is 2.12 bits per heavy atom. The van der Waals surface area contributed by atoms with Crippen LogP contribution in [0.2, 0.25) is 0 Å². The third-order valence-electron chi connectivity index (χ3n) is 3.04. The summed E-state index contributed by atoms with van der Waals surface area (Å²) in [6.45, 7) is 2.25. The van der Waals surface area contributed by atoms with Crippen LogP contribution in [0.4, 0.5) is 0 Å². The summed E-state index contributed by atoms with van der Waals surface area (Å²) in [5, 5.41) is 9.58. The van der Waals surface area contributed by atoms with E-state index in [2.05, 4.69) is 6.92 Å². The number of rotatable bonds is 8. The fraction of sp³-hybridized carbons (Fsp3) is 0.600. The van der Waals surface area contributed by atoms with Gasteiger partial charge in [0.2, 0.25) is 0 Å². The summed E-state index contributed by atoms with van der Waals surface area (Å²) in [4.78, 5) is 0. The van der Waals surface area contributed by atoms with Crippen LogP contribution in [0.15, 0.2) is 24.3 Å². The normalized spacial score (nSPS) is 9.94. The van der Waals surface area contributed by atoms with E-state index in [1.54, 1.807) is 6.07 Å². The molecule has 17 heavy (non-hydrogen) atoms. The van der Waals surface area contributed by atoms with Crippen LogP contribution in [-0.2, 0) is 6.42 Å². The number of para-hydroxylation sites is 1. The monoisotopic (exact) mass is 244 g/mol. The molecule has 1 aromatic carbocycles. The molecule has 0 bridgehead atoms. The van der Waals surface area contributed by atoms with Gasteiger partial charge in [0.05, 0.1) is 0 Å². The molecule has 0 amide bonds. The van der Waals surface area contributed by atoms with Gasteiger partial charge in [-0.1, -0.05) is 63.6 Å². The average Bonchev–Trinajstić information content (AvgIpc) is 2.30. The van der Waals surface area contributed by atoms with Crippen molar-refractivity contribution in [3.8, 4) is 5.75 Å². The summed E-state index contributed by atoms with van der Waals surface area (Å²) < 4.78 is 0. The number of phenolic OH excluding ortho intramolecular Hbond substituents is 1. The number of unbranched alkanes of at least 4 members (excludes halogenated alkanes) is 6. The van der Waals surface area contributed by atoms with Gasteiger partial charge in [0.1, 0.15) is 5.75 Å². The number of hydrogen-bond donors (Lipinski definition) is 1. The Labute approximate surface area is 128 Å². The first-order chi connectivity index (χ1) is 7.84. The molecule has 1 aromatic rings. The first-order valence-electron chi connectivity index (χ1n) is 6.61. The van der Waals surface area contributed by atoms with Crippen LogP contribution in [0.25, 0.3) is 0 Å². The third kappa shape index (κ3) is 7.86. The first-order valence-corrected chi connectivity index (χ1v) is 6.61. The Kier molecular flexibility index (Phi) is 11.1. The Morgan fingerprint density at radius 2 is 1.47 bits per heavy atom. The molecule has 0 aliphatic rings. The fourth-order valence-corrected chi connectivity index (χ4v) is 1.99. The van der Waals surface area contributed by atoms with Crippen LogP contribution in [0, 0.1) is 0 Å². The Morgan fingerprint density at radius 1 is 0.882 bits per heavy atom. The molecule has 0 unspecified atom stereocenters. The Hall–Kier alpha value is 0.0200. The van der Waals surface area contributed by atoms with Crippen molar-refractivity contribution in [3.63, 3.8) is 0 Å². The van der Waals surface area contributed by atoms with Crippen LogP contribution < -0.4 is 0 Å². The fourth-order valence-electron chi connectivity index (χ4n) is 1.99. The van der Waals surface area contributed by atoms with E-state index in [-0.39, 0.29) is 29.6 Å². The van der Waals surface area contributed by atoms with Gasteiger partial charge in [-0.05, 0) is 24.5 Å². The summed E-state index contributed by atoms with van der Waals surface area (Å²) >= 11 is 0. The van der Waals surface area contributed by atoms with Crippen LogP contribution in [0.1, 0.15) is 57.4 Å². The minimum absolute atomic E-state index is 0. The first kappa shape index (κ1) is 17.0. The van der Waals surface area contributed by atoms with Crippen LogP contribution in [0.3, 0.4) is 0 Å². The molecule has 0 saturated carbocycles. The van der Waals surface area contributed by atoms with Gasteiger partial charge in [-0.15, -0.1) is 0 Å². The summed E-state index contributed by atoms with van der Waals surface area (Å²) in [5.41, 5.74) is 1.09. The minimum atomic E-state index is 0. The van der Waals surface area contributed by atoms with Crippen molar-refractivity contribution in [2.45, 2.75) is 58.3 Å². The van der Waals surface area contributed by atoms with Crippen molar-refractivity contribution in [2.24, 2.45) is 0 Å². The van der Waals surface area contributed by atoms with E-state index >= 15 is 0 Å². The van der Waals surface area contributed by atoms with E-state index in [4.69, 9.17) is 0 Å². The van der Waals surface area contributed by atoms with Gasteiger partial charge < -0.3 is 5.11 Å². The zero-order chi connectivity index (χ0) is 11.6. The number of phenols is 1. The van der Waals surface area contributed by atoms with Crippen molar-refractivity contribution in [3.05, 3.63) is 29.8 Å².